The van der Waals surface area contributed by atoms with Crippen LogP contribution in [-0.2, 0) is 11.3 Å². The number of amides is 1. The van der Waals surface area contributed by atoms with E-state index in [2.05, 4.69) is 0 Å². The SMILES string of the molecule is COCc1cccc(C(=O)N(C)c2ccccc2)c1. The van der Waals surface area contributed by atoms with Crippen LogP contribution >= 0.6 is 0 Å². The zero-order valence-corrected chi connectivity index (χ0v) is 11.2. The van der Waals surface area contributed by atoms with Crippen LogP contribution in [0.5, 0.6) is 0 Å². The maximum absolute atomic E-state index is 12.4. The van der Waals surface area contributed by atoms with Gasteiger partial charge in [-0.3, -0.25) is 4.79 Å². The van der Waals surface area contributed by atoms with E-state index in [1.54, 1.807) is 19.1 Å². The molecule has 0 aromatic heterocycles. The number of hydrogen-bond donors (Lipinski definition) is 0. The number of benzene rings is 2. The summed E-state index contributed by atoms with van der Waals surface area (Å²) in [4.78, 5) is 14.0. The van der Waals surface area contributed by atoms with Crippen molar-refractivity contribution in [3.8, 4) is 0 Å². The Labute approximate surface area is 113 Å². The van der Waals surface area contributed by atoms with Gasteiger partial charge in [-0.15, -0.1) is 0 Å². The molecule has 3 heteroatoms. The number of nitrogens with zero attached hydrogens (tertiary/aromatic N) is 1. The molecule has 1 amide bonds. The topological polar surface area (TPSA) is 29.5 Å². The lowest BCUT2D eigenvalue weighted by molar-refractivity contribution is 0.0992. The molecular formula is C16H17NO2. The van der Waals surface area contributed by atoms with Crippen molar-refractivity contribution >= 4 is 11.6 Å². The first kappa shape index (κ1) is 13.3. The fraction of sp³-hybridized carbons (Fsp3) is 0.188. The van der Waals surface area contributed by atoms with Crippen molar-refractivity contribution < 1.29 is 9.53 Å². The van der Waals surface area contributed by atoms with Crippen LogP contribution in [0.2, 0.25) is 0 Å². The van der Waals surface area contributed by atoms with Crippen LogP contribution in [0.15, 0.2) is 54.6 Å². The molecule has 0 heterocycles. The van der Waals surface area contributed by atoms with Crippen molar-refractivity contribution in [1.82, 2.24) is 0 Å². The molecule has 0 saturated carbocycles. The first-order chi connectivity index (χ1) is 9.22. The van der Waals surface area contributed by atoms with Crippen molar-refractivity contribution in [3.63, 3.8) is 0 Å². The van der Waals surface area contributed by atoms with Gasteiger partial charge in [-0.2, -0.15) is 0 Å². The van der Waals surface area contributed by atoms with Gasteiger partial charge in [-0.25, -0.2) is 0 Å². The Hall–Kier alpha value is -2.13. The molecule has 0 spiro atoms. The standard InChI is InChI=1S/C16H17NO2/c1-17(15-9-4-3-5-10-15)16(18)14-8-6-7-13(11-14)12-19-2/h3-11H,12H2,1-2H3. The molecule has 0 atom stereocenters. The maximum Gasteiger partial charge on any atom is 0.258 e. The summed E-state index contributed by atoms with van der Waals surface area (Å²) in [6.07, 6.45) is 0. The summed E-state index contributed by atoms with van der Waals surface area (Å²) in [5.41, 5.74) is 2.54. The molecular weight excluding hydrogens is 238 g/mol. The van der Waals surface area contributed by atoms with Crippen molar-refractivity contribution in [2.24, 2.45) is 0 Å². The lowest BCUT2D eigenvalue weighted by Gasteiger charge is -2.17. The predicted molar refractivity (Wildman–Crippen MR) is 76.3 cm³/mol. The highest BCUT2D eigenvalue weighted by molar-refractivity contribution is 6.05. The van der Waals surface area contributed by atoms with Gasteiger partial charge in [0, 0.05) is 25.4 Å². The van der Waals surface area contributed by atoms with Crippen LogP contribution in [0.3, 0.4) is 0 Å². The molecule has 19 heavy (non-hydrogen) atoms. The second kappa shape index (κ2) is 6.16. The van der Waals surface area contributed by atoms with Gasteiger partial charge >= 0.3 is 0 Å². The fourth-order valence-corrected chi connectivity index (χ4v) is 1.92. The fourth-order valence-electron chi connectivity index (χ4n) is 1.92. The summed E-state index contributed by atoms with van der Waals surface area (Å²) in [5.74, 6) is -0.0239. The number of ether oxygens (including phenoxy) is 1. The highest BCUT2D eigenvalue weighted by Crippen LogP contribution is 2.15. The van der Waals surface area contributed by atoms with Crippen molar-refractivity contribution in [3.05, 3.63) is 65.7 Å². The minimum Gasteiger partial charge on any atom is -0.380 e. The molecule has 2 aromatic carbocycles. The van der Waals surface area contributed by atoms with E-state index in [1.807, 2.05) is 54.6 Å². The summed E-state index contributed by atoms with van der Waals surface area (Å²) >= 11 is 0. The van der Waals surface area contributed by atoms with Crippen LogP contribution in [0.25, 0.3) is 0 Å². The van der Waals surface area contributed by atoms with E-state index in [1.165, 1.54) is 0 Å². The molecule has 0 N–H and O–H groups in total. The second-order valence-electron chi connectivity index (χ2n) is 4.33. The van der Waals surface area contributed by atoms with E-state index in [-0.39, 0.29) is 5.91 Å². The second-order valence-corrected chi connectivity index (χ2v) is 4.33. The lowest BCUT2D eigenvalue weighted by atomic mass is 10.1. The van der Waals surface area contributed by atoms with Crippen LogP contribution < -0.4 is 4.90 Å². The summed E-state index contributed by atoms with van der Waals surface area (Å²) in [7, 11) is 3.42. The summed E-state index contributed by atoms with van der Waals surface area (Å²) in [6.45, 7) is 0.510. The van der Waals surface area contributed by atoms with E-state index in [9.17, 15) is 4.79 Å². The number of anilines is 1. The van der Waals surface area contributed by atoms with E-state index in [0.717, 1.165) is 11.3 Å². The third-order valence-electron chi connectivity index (χ3n) is 2.93. The summed E-state index contributed by atoms with van der Waals surface area (Å²) < 4.78 is 5.08. The minimum absolute atomic E-state index is 0.0239. The van der Waals surface area contributed by atoms with Crippen molar-refractivity contribution in [2.45, 2.75) is 6.61 Å². The number of methoxy groups -OCH3 is 1. The van der Waals surface area contributed by atoms with E-state index < -0.39 is 0 Å². The van der Waals surface area contributed by atoms with Gasteiger partial charge in [-0.1, -0.05) is 30.3 Å². The van der Waals surface area contributed by atoms with Gasteiger partial charge in [-0.05, 0) is 29.8 Å². The van der Waals surface area contributed by atoms with Crippen molar-refractivity contribution in [1.29, 1.82) is 0 Å². The third-order valence-corrected chi connectivity index (χ3v) is 2.93. The molecule has 0 aliphatic rings. The van der Waals surface area contributed by atoms with Crippen molar-refractivity contribution in [2.75, 3.05) is 19.1 Å². The predicted octanol–water partition coefficient (Wildman–Crippen LogP) is 3.11. The quantitative estimate of drug-likeness (QED) is 0.840. The average Bonchev–Trinajstić information content (AvgIpc) is 2.47. The van der Waals surface area contributed by atoms with E-state index >= 15 is 0 Å². The monoisotopic (exact) mass is 255 g/mol. The first-order valence-corrected chi connectivity index (χ1v) is 6.13. The molecule has 98 valence electrons. The van der Waals surface area contributed by atoms with Crippen LogP contribution in [-0.4, -0.2) is 20.1 Å². The van der Waals surface area contributed by atoms with E-state index in [4.69, 9.17) is 4.74 Å². The normalized spacial score (nSPS) is 10.2. The molecule has 0 saturated heterocycles. The smallest absolute Gasteiger partial charge is 0.258 e. The van der Waals surface area contributed by atoms with Gasteiger partial charge in [0.25, 0.3) is 5.91 Å². The average molecular weight is 255 g/mol. The first-order valence-electron chi connectivity index (χ1n) is 6.13. The number of carbonyl (C=O) groups excluding carboxylic acids is 1. The van der Waals surface area contributed by atoms with Gasteiger partial charge in [0.1, 0.15) is 0 Å². The van der Waals surface area contributed by atoms with Crippen LogP contribution in [0, 0.1) is 0 Å². The Bertz CT molecular complexity index is 552. The zero-order valence-electron chi connectivity index (χ0n) is 11.2. The number of para-hydroxylation sites is 1. The largest absolute Gasteiger partial charge is 0.380 e. The highest BCUT2D eigenvalue weighted by Gasteiger charge is 2.13. The van der Waals surface area contributed by atoms with Crippen LogP contribution in [0.1, 0.15) is 15.9 Å². The molecule has 0 unspecified atom stereocenters. The Morgan fingerprint density at radius 1 is 1.11 bits per heavy atom. The molecule has 3 nitrogen and oxygen atoms in total. The lowest BCUT2D eigenvalue weighted by Crippen LogP contribution is -2.26. The van der Waals surface area contributed by atoms with Gasteiger partial charge < -0.3 is 9.64 Å². The Kier molecular flexibility index (Phi) is 4.31. The van der Waals surface area contributed by atoms with Crippen LogP contribution in [0.4, 0.5) is 5.69 Å². The van der Waals surface area contributed by atoms with Gasteiger partial charge in [0.15, 0.2) is 0 Å². The molecule has 2 rings (SSSR count). The Balaban J connectivity index is 2.22. The highest BCUT2D eigenvalue weighted by atomic mass is 16.5. The molecule has 0 bridgehead atoms. The maximum atomic E-state index is 12.4. The van der Waals surface area contributed by atoms with E-state index in [0.29, 0.717) is 12.2 Å². The molecule has 0 radical (unpaired) electrons. The summed E-state index contributed by atoms with van der Waals surface area (Å²) in [5, 5.41) is 0. The number of hydrogen-bond acceptors (Lipinski definition) is 2. The zero-order chi connectivity index (χ0) is 13.7. The minimum atomic E-state index is -0.0239. The molecule has 2 aromatic rings. The number of carbonyl (C=O) groups is 1. The Morgan fingerprint density at radius 3 is 2.53 bits per heavy atom. The third kappa shape index (κ3) is 3.20. The molecule has 0 aliphatic heterocycles. The number of rotatable bonds is 4. The summed E-state index contributed by atoms with van der Waals surface area (Å²) in [6, 6.07) is 17.1. The van der Waals surface area contributed by atoms with Gasteiger partial charge in [0.05, 0.1) is 6.61 Å². The Morgan fingerprint density at radius 2 is 1.84 bits per heavy atom. The molecule has 0 fully saturated rings. The molecule has 0 aliphatic carbocycles. The van der Waals surface area contributed by atoms with Gasteiger partial charge in [0.2, 0.25) is 0 Å².